The van der Waals surface area contributed by atoms with Gasteiger partial charge in [-0.2, -0.15) is 0 Å². The smallest absolute Gasteiger partial charge is 0.119 e. The molecule has 94 valence electrons. The van der Waals surface area contributed by atoms with Crippen LogP contribution in [-0.4, -0.2) is 36.2 Å². The summed E-state index contributed by atoms with van der Waals surface area (Å²) >= 11 is 0. The average molecular weight is 235 g/mol. The van der Waals surface area contributed by atoms with Gasteiger partial charge in [0.05, 0.1) is 6.61 Å². The normalized spacial score (nSPS) is 21.4. The minimum atomic E-state index is 0.282. The maximum Gasteiger partial charge on any atom is 0.119 e. The van der Waals surface area contributed by atoms with Crippen molar-refractivity contribution in [3.05, 3.63) is 24.3 Å². The van der Waals surface area contributed by atoms with Crippen molar-refractivity contribution in [1.82, 2.24) is 4.90 Å². The predicted octanol–water partition coefficient (Wildman–Crippen LogP) is 2.65. The summed E-state index contributed by atoms with van der Waals surface area (Å²) in [6, 6.07) is 7.59. The van der Waals surface area contributed by atoms with Gasteiger partial charge in [-0.15, -0.1) is 0 Å². The number of hydrogen-bond acceptors (Lipinski definition) is 3. The lowest BCUT2D eigenvalue weighted by atomic mass is 10.0. The van der Waals surface area contributed by atoms with Gasteiger partial charge in [0, 0.05) is 6.04 Å². The van der Waals surface area contributed by atoms with Crippen LogP contribution in [0.25, 0.3) is 0 Å². The molecule has 1 heterocycles. The van der Waals surface area contributed by atoms with E-state index in [0.717, 1.165) is 18.8 Å². The van der Waals surface area contributed by atoms with E-state index in [1.54, 1.807) is 24.3 Å². The highest BCUT2D eigenvalue weighted by molar-refractivity contribution is 5.29. The van der Waals surface area contributed by atoms with E-state index in [1.165, 1.54) is 25.8 Å². The molecule has 1 aromatic rings. The van der Waals surface area contributed by atoms with Crippen molar-refractivity contribution >= 4 is 0 Å². The second kappa shape index (κ2) is 5.92. The van der Waals surface area contributed by atoms with E-state index < -0.39 is 0 Å². The molecule has 0 saturated carbocycles. The summed E-state index contributed by atoms with van der Waals surface area (Å²) in [5.41, 5.74) is 0. The van der Waals surface area contributed by atoms with E-state index in [2.05, 4.69) is 11.9 Å². The second-order valence-electron chi connectivity index (χ2n) is 4.76. The highest BCUT2D eigenvalue weighted by atomic mass is 16.5. The lowest BCUT2D eigenvalue weighted by molar-refractivity contribution is 0.153. The zero-order valence-corrected chi connectivity index (χ0v) is 10.4. The lowest BCUT2D eigenvalue weighted by Gasteiger charge is -2.32. The molecule has 0 amide bonds. The van der Waals surface area contributed by atoms with E-state index >= 15 is 0 Å². The molecule has 0 aromatic heterocycles. The molecule has 1 unspecified atom stereocenters. The van der Waals surface area contributed by atoms with Gasteiger partial charge in [0.25, 0.3) is 0 Å². The SMILES string of the molecule is CN1CCCCC1CCOc1ccc(O)cc1. The third-order valence-electron chi connectivity index (χ3n) is 3.48. The van der Waals surface area contributed by atoms with Crippen molar-refractivity contribution < 1.29 is 9.84 Å². The molecule has 1 saturated heterocycles. The van der Waals surface area contributed by atoms with Gasteiger partial charge in [0.1, 0.15) is 11.5 Å². The zero-order chi connectivity index (χ0) is 12.1. The molecule has 1 fully saturated rings. The van der Waals surface area contributed by atoms with Gasteiger partial charge in [-0.3, -0.25) is 0 Å². The summed E-state index contributed by atoms with van der Waals surface area (Å²) in [5, 5.41) is 9.16. The summed E-state index contributed by atoms with van der Waals surface area (Å²) < 4.78 is 5.67. The van der Waals surface area contributed by atoms with Crippen molar-refractivity contribution in [3.8, 4) is 11.5 Å². The van der Waals surface area contributed by atoms with Gasteiger partial charge in [-0.1, -0.05) is 6.42 Å². The Morgan fingerprint density at radius 1 is 1.29 bits per heavy atom. The molecule has 3 heteroatoms. The first-order chi connectivity index (χ1) is 8.25. The van der Waals surface area contributed by atoms with Crippen LogP contribution < -0.4 is 4.74 Å². The van der Waals surface area contributed by atoms with Crippen LogP contribution in [0.15, 0.2) is 24.3 Å². The molecular formula is C14H21NO2. The van der Waals surface area contributed by atoms with Crippen LogP contribution >= 0.6 is 0 Å². The number of hydrogen-bond donors (Lipinski definition) is 1. The predicted molar refractivity (Wildman–Crippen MR) is 68.5 cm³/mol. The molecule has 1 aliphatic rings. The molecule has 2 rings (SSSR count). The Labute approximate surface area is 103 Å². The minimum Gasteiger partial charge on any atom is -0.508 e. The summed E-state index contributed by atoms with van der Waals surface area (Å²) in [4.78, 5) is 2.43. The fraction of sp³-hybridized carbons (Fsp3) is 0.571. The zero-order valence-electron chi connectivity index (χ0n) is 10.4. The summed E-state index contributed by atoms with van der Waals surface area (Å²) in [6.07, 6.45) is 5.03. The summed E-state index contributed by atoms with van der Waals surface area (Å²) in [7, 11) is 2.20. The van der Waals surface area contributed by atoms with Gasteiger partial charge in [-0.25, -0.2) is 0 Å². The van der Waals surface area contributed by atoms with Crippen LogP contribution in [0.5, 0.6) is 11.5 Å². The molecule has 0 aliphatic carbocycles. The number of ether oxygens (including phenoxy) is 1. The second-order valence-corrected chi connectivity index (χ2v) is 4.76. The number of piperidine rings is 1. The van der Waals surface area contributed by atoms with Crippen molar-refractivity contribution in [1.29, 1.82) is 0 Å². The molecule has 1 aliphatic heterocycles. The van der Waals surface area contributed by atoms with Crippen LogP contribution in [0, 0.1) is 0 Å². The van der Waals surface area contributed by atoms with Crippen molar-refractivity contribution in [3.63, 3.8) is 0 Å². The molecule has 3 nitrogen and oxygen atoms in total. The van der Waals surface area contributed by atoms with Gasteiger partial charge >= 0.3 is 0 Å². The molecule has 0 bridgehead atoms. The monoisotopic (exact) mass is 235 g/mol. The first-order valence-corrected chi connectivity index (χ1v) is 6.38. The van der Waals surface area contributed by atoms with Gasteiger partial charge in [0.2, 0.25) is 0 Å². The number of phenolic OH excluding ortho intramolecular Hbond substituents is 1. The third-order valence-corrected chi connectivity index (χ3v) is 3.48. The number of phenols is 1. The fourth-order valence-electron chi connectivity index (χ4n) is 2.36. The van der Waals surface area contributed by atoms with E-state index in [0.29, 0.717) is 6.04 Å². The van der Waals surface area contributed by atoms with Crippen LogP contribution in [0.2, 0.25) is 0 Å². The maximum absolute atomic E-state index is 9.16. The molecule has 0 spiro atoms. The first-order valence-electron chi connectivity index (χ1n) is 6.38. The van der Waals surface area contributed by atoms with Crippen molar-refractivity contribution in [2.75, 3.05) is 20.2 Å². The van der Waals surface area contributed by atoms with Gasteiger partial charge in [-0.05, 0) is 57.1 Å². The van der Waals surface area contributed by atoms with E-state index in [4.69, 9.17) is 9.84 Å². The molecule has 17 heavy (non-hydrogen) atoms. The van der Waals surface area contributed by atoms with Crippen molar-refractivity contribution in [2.24, 2.45) is 0 Å². The molecule has 0 radical (unpaired) electrons. The molecule has 1 N–H and O–H groups in total. The van der Waals surface area contributed by atoms with Crippen molar-refractivity contribution in [2.45, 2.75) is 31.7 Å². The number of nitrogens with zero attached hydrogens (tertiary/aromatic N) is 1. The van der Waals surface area contributed by atoms with Crippen LogP contribution in [0.3, 0.4) is 0 Å². The highest BCUT2D eigenvalue weighted by Gasteiger charge is 2.18. The summed E-state index contributed by atoms with van der Waals surface area (Å²) in [5.74, 6) is 1.12. The Hall–Kier alpha value is -1.22. The average Bonchev–Trinajstić information content (AvgIpc) is 2.34. The largest absolute Gasteiger partial charge is 0.508 e. The van der Waals surface area contributed by atoms with E-state index in [9.17, 15) is 0 Å². The van der Waals surface area contributed by atoms with Gasteiger partial charge < -0.3 is 14.7 Å². The Balaban J connectivity index is 1.73. The summed E-state index contributed by atoms with van der Waals surface area (Å²) in [6.45, 7) is 1.96. The fourth-order valence-corrected chi connectivity index (χ4v) is 2.36. The Morgan fingerprint density at radius 2 is 2.06 bits per heavy atom. The Kier molecular flexibility index (Phi) is 4.26. The lowest BCUT2D eigenvalue weighted by Crippen LogP contribution is -2.37. The Morgan fingerprint density at radius 3 is 2.76 bits per heavy atom. The Bertz CT molecular complexity index is 337. The van der Waals surface area contributed by atoms with Crippen LogP contribution in [0.4, 0.5) is 0 Å². The van der Waals surface area contributed by atoms with E-state index in [-0.39, 0.29) is 5.75 Å². The standard InChI is InChI=1S/C14H21NO2/c1-15-10-3-2-4-12(15)9-11-17-14-7-5-13(16)6-8-14/h5-8,12,16H,2-4,9-11H2,1H3. The van der Waals surface area contributed by atoms with Crippen LogP contribution in [-0.2, 0) is 0 Å². The van der Waals surface area contributed by atoms with Gasteiger partial charge in [0.15, 0.2) is 0 Å². The minimum absolute atomic E-state index is 0.282. The number of aromatic hydroxyl groups is 1. The third kappa shape index (κ3) is 3.63. The molecule has 1 atom stereocenters. The number of benzene rings is 1. The number of likely N-dealkylation sites (tertiary alicyclic amines) is 1. The highest BCUT2D eigenvalue weighted by Crippen LogP contribution is 2.19. The number of rotatable bonds is 4. The maximum atomic E-state index is 9.16. The van der Waals surface area contributed by atoms with E-state index in [1.807, 2.05) is 0 Å². The van der Waals surface area contributed by atoms with Crippen LogP contribution in [0.1, 0.15) is 25.7 Å². The quantitative estimate of drug-likeness (QED) is 0.871. The molecular weight excluding hydrogens is 214 g/mol. The topological polar surface area (TPSA) is 32.7 Å². The molecule has 1 aromatic carbocycles. The first kappa shape index (κ1) is 12.2.